The molecule has 2 aliphatic carbocycles. The monoisotopic (exact) mass is 460 g/mol. The Balaban J connectivity index is 1.64. The summed E-state index contributed by atoms with van der Waals surface area (Å²) in [5.41, 5.74) is 5.61. The van der Waals surface area contributed by atoms with Gasteiger partial charge in [0.25, 0.3) is 5.69 Å². The van der Waals surface area contributed by atoms with Gasteiger partial charge in [-0.15, -0.1) is 11.3 Å². The highest BCUT2D eigenvalue weighted by atomic mass is 32.1. The van der Waals surface area contributed by atoms with Crippen molar-refractivity contribution in [2.45, 2.75) is 63.8 Å². The third-order valence-electron chi connectivity index (χ3n) is 6.59. The summed E-state index contributed by atoms with van der Waals surface area (Å²) < 4.78 is 1.98. The zero-order valence-corrected chi connectivity index (χ0v) is 19.5. The first-order chi connectivity index (χ1) is 16.2. The van der Waals surface area contributed by atoms with E-state index in [-0.39, 0.29) is 10.6 Å². The molecule has 0 N–H and O–H groups in total. The number of nitro groups is 1. The summed E-state index contributed by atoms with van der Waals surface area (Å²) in [7, 11) is 0. The van der Waals surface area contributed by atoms with Crippen molar-refractivity contribution in [3.05, 3.63) is 80.0 Å². The van der Waals surface area contributed by atoms with Gasteiger partial charge in [-0.3, -0.25) is 15.1 Å². The summed E-state index contributed by atoms with van der Waals surface area (Å²) in [5, 5.41) is 18.4. The molecule has 7 heteroatoms. The molecule has 0 saturated heterocycles. The lowest BCUT2D eigenvalue weighted by Gasteiger charge is -2.17. The minimum atomic E-state index is -0.363. The van der Waals surface area contributed by atoms with E-state index in [1.165, 1.54) is 36.8 Å². The zero-order chi connectivity index (χ0) is 22.6. The Morgan fingerprint density at radius 1 is 0.939 bits per heavy atom. The largest absolute Gasteiger partial charge is 0.269 e. The van der Waals surface area contributed by atoms with Crippen molar-refractivity contribution in [3.63, 3.8) is 0 Å². The third kappa shape index (κ3) is 4.83. The molecular weight excluding hydrogens is 432 g/mol. The average molecular weight is 461 g/mol. The van der Waals surface area contributed by atoms with Gasteiger partial charge in [0.2, 0.25) is 4.80 Å². The first-order valence-electron chi connectivity index (χ1n) is 11.8. The molecule has 6 nitrogen and oxygen atoms in total. The molecule has 0 unspecified atom stereocenters. The highest BCUT2D eigenvalue weighted by Gasteiger charge is 2.18. The fourth-order valence-corrected chi connectivity index (χ4v) is 5.69. The number of aryl methyl sites for hydroxylation is 1. The van der Waals surface area contributed by atoms with Gasteiger partial charge in [-0.05, 0) is 56.2 Å². The molecule has 0 spiro atoms. The smallest absolute Gasteiger partial charge is 0.258 e. The number of fused-ring (bicyclic) bond motifs is 1. The Labute approximate surface area is 197 Å². The predicted octanol–water partition coefficient (Wildman–Crippen LogP) is 6.34. The molecule has 1 heterocycles. The lowest BCUT2D eigenvalue weighted by molar-refractivity contribution is -0.384. The Kier molecular flexibility index (Phi) is 6.48. The van der Waals surface area contributed by atoms with Gasteiger partial charge in [0.1, 0.15) is 0 Å². The highest BCUT2D eigenvalue weighted by Crippen LogP contribution is 2.26. The van der Waals surface area contributed by atoms with Crippen molar-refractivity contribution in [2.75, 3.05) is 0 Å². The van der Waals surface area contributed by atoms with Gasteiger partial charge >= 0.3 is 0 Å². The molecule has 1 fully saturated rings. The number of rotatable bonds is 4. The van der Waals surface area contributed by atoms with Gasteiger partial charge in [-0.2, -0.15) is 5.10 Å². The maximum atomic E-state index is 11.1. The Hall–Kier alpha value is -3.06. The lowest BCUT2D eigenvalue weighted by Crippen LogP contribution is -2.20. The molecule has 1 saturated carbocycles. The van der Waals surface area contributed by atoms with E-state index >= 15 is 0 Å². The highest BCUT2D eigenvalue weighted by molar-refractivity contribution is 7.07. The van der Waals surface area contributed by atoms with Gasteiger partial charge < -0.3 is 0 Å². The van der Waals surface area contributed by atoms with Crippen LogP contribution in [0.5, 0.6) is 0 Å². The summed E-state index contributed by atoms with van der Waals surface area (Å²) in [4.78, 5) is 16.8. The Morgan fingerprint density at radius 2 is 1.70 bits per heavy atom. The lowest BCUT2D eigenvalue weighted by atomic mass is 9.96. The number of thiazole rings is 1. The van der Waals surface area contributed by atoms with Crippen LogP contribution in [-0.4, -0.2) is 21.4 Å². The van der Waals surface area contributed by atoms with Gasteiger partial charge in [0.05, 0.1) is 22.4 Å². The topological polar surface area (TPSA) is 72.8 Å². The van der Waals surface area contributed by atoms with E-state index < -0.39 is 0 Å². The molecule has 5 rings (SSSR count). The van der Waals surface area contributed by atoms with Gasteiger partial charge in [-0.25, -0.2) is 4.68 Å². The van der Waals surface area contributed by atoms with Crippen molar-refractivity contribution in [2.24, 2.45) is 10.1 Å². The van der Waals surface area contributed by atoms with E-state index in [1.807, 2.05) is 16.8 Å². The number of hydrogen-bond donors (Lipinski definition) is 0. The molecule has 2 aromatic carbocycles. The number of nitro benzene ring substituents is 1. The summed E-state index contributed by atoms with van der Waals surface area (Å²) in [6, 6.07) is 15.6. The SMILES string of the molecule is O=[N+]([O-])c1ccc(-c2csc(=NC3CCCCC3)n2N=C2CCCCc3ccccc32)cc1. The van der Waals surface area contributed by atoms with Gasteiger partial charge in [0, 0.05) is 28.6 Å². The maximum absolute atomic E-state index is 11.1. The molecule has 1 aromatic heterocycles. The van der Waals surface area contributed by atoms with Gasteiger partial charge in [-0.1, -0.05) is 43.5 Å². The van der Waals surface area contributed by atoms with Crippen molar-refractivity contribution >= 4 is 22.7 Å². The minimum absolute atomic E-state index is 0.0941. The Morgan fingerprint density at radius 3 is 2.48 bits per heavy atom. The van der Waals surface area contributed by atoms with Crippen LogP contribution >= 0.6 is 11.3 Å². The quantitative estimate of drug-likeness (QED) is 0.259. The second kappa shape index (κ2) is 9.83. The minimum Gasteiger partial charge on any atom is -0.258 e. The normalized spacial score (nSPS) is 18.8. The zero-order valence-electron chi connectivity index (χ0n) is 18.7. The van der Waals surface area contributed by atoms with Crippen LogP contribution in [0.4, 0.5) is 5.69 Å². The van der Waals surface area contributed by atoms with E-state index in [4.69, 9.17) is 10.1 Å². The molecule has 0 atom stereocenters. The summed E-state index contributed by atoms with van der Waals surface area (Å²) in [6.07, 6.45) is 10.3. The molecule has 3 aromatic rings. The van der Waals surface area contributed by atoms with Crippen LogP contribution in [0.25, 0.3) is 11.3 Å². The summed E-state index contributed by atoms with van der Waals surface area (Å²) >= 11 is 1.61. The van der Waals surface area contributed by atoms with Crippen LogP contribution in [0.2, 0.25) is 0 Å². The number of aromatic nitrogens is 1. The van der Waals surface area contributed by atoms with Crippen molar-refractivity contribution in [3.8, 4) is 11.3 Å². The summed E-state index contributed by atoms with van der Waals surface area (Å²) in [6.45, 7) is 0. The van der Waals surface area contributed by atoms with Crippen molar-refractivity contribution in [1.82, 2.24) is 4.68 Å². The van der Waals surface area contributed by atoms with Crippen molar-refractivity contribution < 1.29 is 4.92 Å². The molecule has 0 amide bonds. The standard InChI is InChI=1S/C26H28N4O2S/c31-30(32)22-16-14-20(15-17-22)25-18-33-26(27-21-10-2-1-3-11-21)29(25)28-24-13-7-5-9-19-8-4-6-12-23(19)24/h4,6,8,12,14-18,21H,1-3,5,7,9-11,13H2. The third-order valence-corrected chi connectivity index (χ3v) is 7.42. The molecule has 2 aliphatic rings. The van der Waals surface area contributed by atoms with Crippen LogP contribution in [0, 0.1) is 10.1 Å². The van der Waals surface area contributed by atoms with Crippen LogP contribution < -0.4 is 4.80 Å². The van der Waals surface area contributed by atoms with E-state index in [1.54, 1.807) is 23.5 Å². The van der Waals surface area contributed by atoms with Crippen LogP contribution in [0.1, 0.15) is 62.5 Å². The molecule has 33 heavy (non-hydrogen) atoms. The van der Waals surface area contributed by atoms with Gasteiger partial charge in [0.15, 0.2) is 0 Å². The first-order valence-corrected chi connectivity index (χ1v) is 12.7. The predicted molar refractivity (Wildman–Crippen MR) is 133 cm³/mol. The van der Waals surface area contributed by atoms with Crippen LogP contribution in [0.3, 0.4) is 0 Å². The first kappa shape index (κ1) is 21.8. The molecule has 0 radical (unpaired) electrons. The van der Waals surface area contributed by atoms with Crippen LogP contribution in [0.15, 0.2) is 64.0 Å². The number of non-ortho nitro benzene ring substituents is 1. The Bertz CT molecular complexity index is 1230. The average Bonchev–Trinajstić information content (AvgIpc) is 3.11. The summed E-state index contributed by atoms with van der Waals surface area (Å²) in [5.74, 6) is 0. The fraction of sp³-hybridized carbons (Fsp3) is 0.385. The second-order valence-electron chi connectivity index (χ2n) is 8.85. The molecule has 0 bridgehead atoms. The van der Waals surface area contributed by atoms with E-state index in [0.29, 0.717) is 6.04 Å². The molecule has 170 valence electrons. The second-order valence-corrected chi connectivity index (χ2v) is 9.69. The number of benzene rings is 2. The van der Waals surface area contributed by atoms with E-state index in [2.05, 4.69) is 29.6 Å². The van der Waals surface area contributed by atoms with E-state index in [0.717, 1.165) is 53.9 Å². The molecular formula is C26H28N4O2S. The fourth-order valence-electron chi connectivity index (χ4n) is 4.79. The molecule has 0 aliphatic heterocycles. The number of hydrogen-bond acceptors (Lipinski definition) is 5. The van der Waals surface area contributed by atoms with Crippen LogP contribution in [-0.2, 0) is 6.42 Å². The van der Waals surface area contributed by atoms with Crippen molar-refractivity contribution in [1.29, 1.82) is 0 Å². The number of nitrogens with zero attached hydrogens (tertiary/aromatic N) is 4. The van der Waals surface area contributed by atoms with E-state index in [9.17, 15) is 10.1 Å². The maximum Gasteiger partial charge on any atom is 0.269 e.